The van der Waals surface area contributed by atoms with Gasteiger partial charge in [-0.2, -0.15) is 0 Å². The van der Waals surface area contributed by atoms with E-state index in [1.807, 2.05) is 0 Å². The van der Waals surface area contributed by atoms with Gasteiger partial charge in [-0.25, -0.2) is 0 Å². The summed E-state index contributed by atoms with van der Waals surface area (Å²) in [6.45, 7) is 4.71. The van der Waals surface area contributed by atoms with Crippen molar-refractivity contribution < 1.29 is 9.53 Å². The smallest absolute Gasteiger partial charge is 0.311 e. The van der Waals surface area contributed by atoms with E-state index in [4.69, 9.17) is 4.74 Å². The monoisotopic (exact) mass is 394 g/mol. The number of carbonyl (C=O) groups is 1. The van der Waals surface area contributed by atoms with Crippen LogP contribution >= 0.6 is 15.9 Å². The highest BCUT2D eigenvalue weighted by Crippen LogP contribution is 2.70. The van der Waals surface area contributed by atoms with Crippen LogP contribution in [-0.2, 0) is 9.53 Å². The van der Waals surface area contributed by atoms with Crippen molar-refractivity contribution >= 4 is 21.9 Å². The average molecular weight is 395 g/mol. The van der Waals surface area contributed by atoms with E-state index in [0.29, 0.717) is 16.7 Å². The summed E-state index contributed by atoms with van der Waals surface area (Å²) < 4.78 is 5.26. The highest BCUT2D eigenvalue weighted by Gasteiger charge is 2.64. The van der Waals surface area contributed by atoms with Crippen LogP contribution in [0.1, 0.15) is 65.2 Å². The van der Waals surface area contributed by atoms with Crippen molar-refractivity contribution in [1.82, 2.24) is 0 Å². The first-order valence-corrected chi connectivity index (χ1v) is 10.9. The van der Waals surface area contributed by atoms with Crippen LogP contribution in [0, 0.1) is 34.0 Å². The van der Waals surface area contributed by atoms with E-state index in [1.54, 1.807) is 12.7 Å². The third-order valence-corrected chi connectivity index (χ3v) is 9.29. The van der Waals surface area contributed by atoms with E-state index >= 15 is 0 Å². The SMILES string of the molecule is COC(=O)C1(C)CCCC2(C)C3CC4CCC3(C=C4CBr)CCC12. The summed E-state index contributed by atoms with van der Waals surface area (Å²) in [7, 11) is 1.57. The largest absolute Gasteiger partial charge is 0.469 e. The van der Waals surface area contributed by atoms with Gasteiger partial charge in [-0.3, -0.25) is 4.79 Å². The normalized spacial score (nSPS) is 49.8. The number of hydrogen-bond donors (Lipinski definition) is 0. The molecule has 6 unspecified atom stereocenters. The number of fused-ring (bicyclic) bond motifs is 2. The molecule has 2 bridgehead atoms. The van der Waals surface area contributed by atoms with Gasteiger partial charge < -0.3 is 4.74 Å². The first-order valence-electron chi connectivity index (χ1n) is 9.76. The molecule has 0 heterocycles. The Balaban J connectivity index is 1.74. The molecule has 24 heavy (non-hydrogen) atoms. The molecular weight excluding hydrogens is 364 g/mol. The van der Waals surface area contributed by atoms with Crippen LogP contribution in [0.4, 0.5) is 0 Å². The van der Waals surface area contributed by atoms with Crippen molar-refractivity contribution in [3.63, 3.8) is 0 Å². The fourth-order valence-electron chi connectivity index (χ4n) is 7.56. The van der Waals surface area contributed by atoms with Gasteiger partial charge in [0.15, 0.2) is 0 Å². The minimum Gasteiger partial charge on any atom is -0.469 e. The number of rotatable bonds is 2. The topological polar surface area (TPSA) is 26.3 Å². The van der Waals surface area contributed by atoms with Gasteiger partial charge in [0.2, 0.25) is 0 Å². The molecule has 5 aliphatic carbocycles. The van der Waals surface area contributed by atoms with Crippen molar-refractivity contribution in [3.05, 3.63) is 11.6 Å². The van der Waals surface area contributed by atoms with Gasteiger partial charge in [0, 0.05) is 5.33 Å². The maximum Gasteiger partial charge on any atom is 0.311 e. The maximum absolute atomic E-state index is 12.7. The molecule has 5 rings (SSSR count). The minimum absolute atomic E-state index is 0.0343. The Morgan fingerprint density at radius 3 is 2.67 bits per heavy atom. The zero-order chi connectivity index (χ0) is 17.2. The standard InChI is InChI=1S/C21H31BrO2/c1-19-7-4-8-20(2,18(23)24-3)16(19)6-10-21-9-5-14(11-17(19)21)15(12-21)13-22/h12,14,16-17H,4-11,13H2,1-3H3. The Hall–Kier alpha value is -0.310. The molecule has 3 heteroatoms. The van der Waals surface area contributed by atoms with Crippen molar-refractivity contribution in [2.45, 2.75) is 65.2 Å². The van der Waals surface area contributed by atoms with Crippen LogP contribution in [0.25, 0.3) is 0 Å². The van der Waals surface area contributed by atoms with Gasteiger partial charge >= 0.3 is 5.97 Å². The molecule has 0 aliphatic heterocycles. The number of hydrogen-bond acceptors (Lipinski definition) is 2. The molecule has 6 atom stereocenters. The van der Waals surface area contributed by atoms with Crippen molar-refractivity contribution in [2.75, 3.05) is 12.4 Å². The second-order valence-electron chi connectivity index (χ2n) is 9.47. The maximum atomic E-state index is 12.7. The summed E-state index contributed by atoms with van der Waals surface area (Å²) >= 11 is 3.73. The van der Waals surface area contributed by atoms with E-state index in [0.717, 1.165) is 23.6 Å². The minimum atomic E-state index is -0.276. The van der Waals surface area contributed by atoms with Crippen LogP contribution in [0.5, 0.6) is 0 Å². The lowest BCUT2D eigenvalue weighted by Gasteiger charge is -2.66. The predicted octanol–water partition coefficient (Wildman–Crippen LogP) is 5.50. The molecule has 134 valence electrons. The first kappa shape index (κ1) is 17.1. The fraction of sp³-hybridized carbons (Fsp3) is 0.857. The molecule has 0 N–H and O–H groups in total. The summed E-state index contributed by atoms with van der Waals surface area (Å²) in [5, 5.41) is 1.05. The number of alkyl halides is 1. The molecule has 0 aromatic carbocycles. The lowest BCUT2D eigenvalue weighted by molar-refractivity contribution is -0.183. The van der Waals surface area contributed by atoms with Gasteiger partial charge in [0.25, 0.3) is 0 Å². The summed E-state index contributed by atoms with van der Waals surface area (Å²) in [6.07, 6.45) is 12.7. The summed E-state index contributed by atoms with van der Waals surface area (Å²) in [5.74, 6) is 2.06. The molecule has 0 aromatic rings. The number of allylic oxidation sites excluding steroid dienone is 2. The first-order chi connectivity index (χ1) is 11.4. The molecule has 3 saturated carbocycles. The van der Waals surface area contributed by atoms with Crippen LogP contribution in [0.15, 0.2) is 11.6 Å². The number of carbonyl (C=O) groups excluding carboxylic acids is 1. The third kappa shape index (κ3) is 2.09. The summed E-state index contributed by atoms with van der Waals surface area (Å²) in [4.78, 5) is 12.7. The van der Waals surface area contributed by atoms with Crippen LogP contribution < -0.4 is 0 Å². The van der Waals surface area contributed by atoms with Gasteiger partial charge in [0.1, 0.15) is 0 Å². The van der Waals surface area contributed by atoms with Crippen molar-refractivity contribution in [3.8, 4) is 0 Å². The molecule has 0 saturated heterocycles. The Labute approximate surface area is 154 Å². The molecule has 0 radical (unpaired) electrons. The second kappa shape index (κ2) is 5.59. The quantitative estimate of drug-likeness (QED) is 0.350. The number of ether oxygens (including phenoxy) is 1. The number of esters is 1. The van der Waals surface area contributed by atoms with Crippen molar-refractivity contribution in [2.24, 2.45) is 34.0 Å². The lowest BCUT2D eigenvalue weighted by Crippen LogP contribution is -2.60. The average Bonchev–Trinajstić information content (AvgIpc) is 2.60. The summed E-state index contributed by atoms with van der Waals surface area (Å²) in [5.41, 5.74) is 2.09. The molecular formula is C21H31BrO2. The molecule has 2 nitrogen and oxygen atoms in total. The van der Waals surface area contributed by atoms with Gasteiger partial charge in [-0.1, -0.05) is 40.9 Å². The van der Waals surface area contributed by atoms with E-state index < -0.39 is 0 Å². The van der Waals surface area contributed by atoms with Crippen LogP contribution in [-0.4, -0.2) is 18.4 Å². The van der Waals surface area contributed by atoms with Crippen molar-refractivity contribution in [1.29, 1.82) is 0 Å². The zero-order valence-electron chi connectivity index (χ0n) is 15.4. The van der Waals surface area contributed by atoms with E-state index in [-0.39, 0.29) is 11.4 Å². The third-order valence-electron chi connectivity index (χ3n) is 8.65. The highest BCUT2D eigenvalue weighted by molar-refractivity contribution is 9.09. The molecule has 0 aromatic heterocycles. The number of methoxy groups -OCH3 is 1. The van der Waals surface area contributed by atoms with Gasteiger partial charge in [0.05, 0.1) is 12.5 Å². The lowest BCUT2D eigenvalue weighted by atomic mass is 9.38. The van der Waals surface area contributed by atoms with E-state index in [2.05, 4.69) is 35.9 Å². The molecule has 0 amide bonds. The predicted molar refractivity (Wildman–Crippen MR) is 99.9 cm³/mol. The zero-order valence-corrected chi connectivity index (χ0v) is 17.0. The van der Waals surface area contributed by atoms with Gasteiger partial charge in [-0.05, 0) is 80.5 Å². The van der Waals surface area contributed by atoms with Crippen LogP contribution in [0.3, 0.4) is 0 Å². The molecule has 5 aliphatic rings. The Morgan fingerprint density at radius 1 is 1.21 bits per heavy atom. The number of halogens is 1. The molecule has 1 spiro atoms. The van der Waals surface area contributed by atoms with Crippen LogP contribution in [0.2, 0.25) is 0 Å². The summed E-state index contributed by atoms with van der Waals surface area (Å²) in [6, 6.07) is 0. The Kier molecular flexibility index (Phi) is 3.99. The molecule has 3 fully saturated rings. The second-order valence-corrected chi connectivity index (χ2v) is 10.0. The van der Waals surface area contributed by atoms with E-state index in [9.17, 15) is 4.79 Å². The Morgan fingerprint density at radius 2 is 1.96 bits per heavy atom. The van der Waals surface area contributed by atoms with E-state index in [1.165, 1.54) is 44.9 Å². The van der Waals surface area contributed by atoms with Gasteiger partial charge in [-0.15, -0.1) is 0 Å². The Bertz CT molecular complexity index is 584. The fourth-order valence-corrected chi connectivity index (χ4v) is 8.18. The highest BCUT2D eigenvalue weighted by atomic mass is 79.9.